The van der Waals surface area contributed by atoms with Crippen molar-refractivity contribution in [3.63, 3.8) is 0 Å². The second kappa shape index (κ2) is 5.28. The number of fused-ring (bicyclic) bond motifs is 1. The lowest BCUT2D eigenvalue weighted by atomic mass is 10.1. The smallest absolute Gasteiger partial charge is 0.311 e. The molecule has 2 N–H and O–H groups in total. The number of ether oxygens (including phenoxy) is 1. The van der Waals surface area contributed by atoms with Crippen LogP contribution in [0.25, 0.3) is 0 Å². The van der Waals surface area contributed by atoms with Crippen LogP contribution in [0.2, 0.25) is 0 Å². The summed E-state index contributed by atoms with van der Waals surface area (Å²) in [4.78, 5) is 14.9. The third kappa shape index (κ3) is 2.45. The van der Waals surface area contributed by atoms with Crippen molar-refractivity contribution < 1.29 is 9.66 Å². The minimum absolute atomic E-state index is 0.0571. The third-order valence-electron chi connectivity index (χ3n) is 3.34. The molecule has 0 bridgehead atoms. The van der Waals surface area contributed by atoms with Gasteiger partial charge in [0.2, 0.25) is 5.82 Å². The molecule has 1 aliphatic rings. The standard InChI is InChI=1S/C14H14N4O3/c1-15-13-7-6-11(18(19)20)14(17-13)16-10-8-21-12-5-3-2-4-9(10)12/h2-7,10H,8H2,1H3,(H2,15,16,17). The van der Waals surface area contributed by atoms with E-state index < -0.39 is 4.92 Å². The molecule has 7 nitrogen and oxygen atoms in total. The van der Waals surface area contributed by atoms with E-state index in [2.05, 4.69) is 15.6 Å². The van der Waals surface area contributed by atoms with Crippen LogP contribution >= 0.6 is 0 Å². The van der Waals surface area contributed by atoms with Crippen LogP contribution in [0.1, 0.15) is 11.6 Å². The van der Waals surface area contributed by atoms with E-state index in [1.807, 2.05) is 24.3 Å². The number of hydrogen-bond acceptors (Lipinski definition) is 6. The van der Waals surface area contributed by atoms with Crippen LogP contribution in [0.5, 0.6) is 5.75 Å². The maximum absolute atomic E-state index is 11.1. The molecule has 1 unspecified atom stereocenters. The van der Waals surface area contributed by atoms with Crippen LogP contribution in [0.3, 0.4) is 0 Å². The van der Waals surface area contributed by atoms with Crippen molar-refractivity contribution in [2.24, 2.45) is 0 Å². The molecule has 0 saturated heterocycles. The quantitative estimate of drug-likeness (QED) is 0.663. The normalized spacial score (nSPS) is 16.0. The number of anilines is 2. The minimum atomic E-state index is -0.448. The molecule has 1 aromatic carbocycles. The van der Waals surface area contributed by atoms with Gasteiger partial charge in [0.05, 0.1) is 11.0 Å². The summed E-state index contributed by atoms with van der Waals surface area (Å²) in [5, 5.41) is 17.1. The monoisotopic (exact) mass is 286 g/mol. The molecular weight excluding hydrogens is 272 g/mol. The number of nitrogens with zero attached hydrogens (tertiary/aromatic N) is 2. The van der Waals surface area contributed by atoms with Crippen molar-refractivity contribution in [2.75, 3.05) is 24.3 Å². The zero-order valence-electron chi connectivity index (χ0n) is 11.4. The Morgan fingerprint density at radius 3 is 2.90 bits per heavy atom. The molecule has 0 radical (unpaired) electrons. The Morgan fingerprint density at radius 2 is 2.14 bits per heavy atom. The lowest BCUT2D eigenvalue weighted by molar-refractivity contribution is -0.384. The summed E-state index contributed by atoms with van der Waals surface area (Å²) in [6.45, 7) is 0.419. The van der Waals surface area contributed by atoms with Crippen LogP contribution in [-0.4, -0.2) is 23.6 Å². The van der Waals surface area contributed by atoms with Crippen LogP contribution in [0.15, 0.2) is 36.4 Å². The van der Waals surface area contributed by atoms with Crippen molar-refractivity contribution in [1.29, 1.82) is 0 Å². The Balaban J connectivity index is 1.93. The summed E-state index contributed by atoms with van der Waals surface area (Å²) in [7, 11) is 1.71. The molecule has 0 saturated carbocycles. The molecule has 3 rings (SSSR count). The van der Waals surface area contributed by atoms with E-state index in [0.29, 0.717) is 12.4 Å². The molecule has 2 aromatic rings. The summed E-state index contributed by atoms with van der Waals surface area (Å²) in [6.07, 6.45) is 0. The number of hydrogen-bond donors (Lipinski definition) is 2. The van der Waals surface area contributed by atoms with Crippen LogP contribution < -0.4 is 15.4 Å². The predicted molar refractivity (Wildman–Crippen MR) is 78.7 cm³/mol. The fourth-order valence-corrected chi connectivity index (χ4v) is 2.29. The first-order chi connectivity index (χ1) is 10.2. The highest BCUT2D eigenvalue weighted by atomic mass is 16.6. The van der Waals surface area contributed by atoms with E-state index in [4.69, 9.17) is 4.74 Å². The minimum Gasteiger partial charge on any atom is -0.491 e. The molecule has 1 atom stereocenters. The van der Waals surface area contributed by atoms with E-state index in [-0.39, 0.29) is 17.5 Å². The van der Waals surface area contributed by atoms with Gasteiger partial charge in [-0.25, -0.2) is 4.98 Å². The van der Waals surface area contributed by atoms with Gasteiger partial charge in [0.1, 0.15) is 18.2 Å². The SMILES string of the molecule is CNc1ccc([N+](=O)[O-])c(NC2COc3ccccc32)n1. The predicted octanol–water partition coefficient (Wildman–Crippen LogP) is 2.58. The highest BCUT2D eigenvalue weighted by Crippen LogP contribution is 2.35. The Bertz CT molecular complexity index is 690. The summed E-state index contributed by atoms with van der Waals surface area (Å²) in [6, 6.07) is 10.5. The summed E-state index contributed by atoms with van der Waals surface area (Å²) >= 11 is 0. The largest absolute Gasteiger partial charge is 0.491 e. The maximum Gasteiger partial charge on any atom is 0.311 e. The third-order valence-corrected chi connectivity index (χ3v) is 3.34. The highest BCUT2D eigenvalue weighted by Gasteiger charge is 2.26. The van der Waals surface area contributed by atoms with Gasteiger partial charge in [-0.3, -0.25) is 10.1 Å². The first-order valence-electron chi connectivity index (χ1n) is 6.50. The van der Waals surface area contributed by atoms with Crippen molar-refractivity contribution in [2.45, 2.75) is 6.04 Å². The number of rotatable bonds is 4. The van der Waals surface area contributed by atoms with E-state index in [1.165, 1.54) is 6.07 Å². The van der Waals surface area contributed by atoms with Gasteiger partial charge in [-0.15, -0.1) is 0 Å². The molecule has 0 amide bonds. The zero-order chi connectivity index (χ0) is 14.8. The van der Waals surface area contributed by atoms with Crippen molar-refractivity contribution in [3.8, 4) is 5.75 Å². The first-order valence-corrected chi connectivity index (χ1v) is 6.50. The van der Waals surface area contributed by atoms with Gasteiger partial charge in [0.15, 0.2) is 0 Å². The number of nitrogens with one attached hydrogen (secondary N) is 2. The Hall–Kier alpha value is -2.83. The van der Waals surface area contributed by atoms with Gasteiger partial charge in [-0.1, -0.05) is 18.2 Å². The number of aromatic nitrogens is 1. The average Bonchev–Trinajstić information content (AvgIpc) is 2.90. The number of benzene rings is 1. The van der Waals surface area contributed by atoms with E-state index in [0.717, 1.165) is 11.3 Å². The topological polar surface area (TPSA) is 89.3 Å². The molecule has 0 aliphatic carbocycles. The second-order valence-electron chi connectivity index (χ2n) is 4.62. The molecule has 108 valence electrons. The van der Waals surface area contributed by atoms with Crippen molar-refractivity contribution >= 4 is 17.3 Å². The van der Waals surface area contributed by atoms with Gasteiger partial charge >= 0.3 is 5.69 Å². The van der Waals surface area contributed by atoms with E-state index in [1.54, 1.807) is 13.1 Å². The van der Waals surface area contributed by atoms with Gasteiger partial charge in [0.25, 0.3) is 0 Å². The van der Waals surface area contributed by atoms with Crippen LogP contribution in [0.4, 0.5) is 17.3 Å². The number of para-hydroxylation sites is 1. The molecule has 7 heteroatoms. The van der Waals surface area contributed by atoms with E-state index >= 15 is 0 Å². The molecule has 2 heterocycles. The first kappa shape index (κ1) is 13.2. The fourth-order valence-electron chi connectivity index (χ4n) is 2.29. The molecule has 21 heavy (non-hydrogen) atoms. The summed E-state index contributed by atoms with van der Waals surface area (Å²) in [5.41, 5.74) is 0.918. The molecule has 0 spiro atoms. The lowest BCUT2D eigenvalue weighted by Crippen LogP contribution is -2.14. The molecular formula is C14H14N4O3. The van der Waals surface area contributed by atoms with Crippen LogP contribution in [0, 0.1) is 10.1 Å². The highest BCUT2D eigenvalue weighted by molar-refractivity contribution is 5.61. The Labute approximate surface area is 121 Å². The number of pyridine rings is 1. The fraction of sp³-hybridized carbons (Fsp3) is 0.214. The van der Waals surface area contributed by atoms with Gasteiger partial charge in [0, 0.05) is 18.7 Å². The van der Waals surface area contributed by atoms with E-state index in [9.17, 15) is 10.1 Å². The lowest BCUT2D eigenvalue weighted by Gasteiger charge is -2.13. The Morgan fingerprint density at radius 1 is 1.33 bits per heavy atom. The van der Waals surface area contributed by atoms with Crippen LogP contribution in [-0.2, 0) is 0 Å². The average molecular weight is 286 g/mol. The summed E-state index contributed by atoms with van der Waals surface area (Å²) < 4.78 is 5.56. The summed E-state index contributed by atoms with van der Waals surface area (Å²) in [5.74, 6) is 1.59. The Kier molecular flexibility index (Phi) is 3.31. The second-order valence-corrected chi connectivity index (χ2v) is 4.62. The van der Waals surface area contributed by atoms with Crippen molar-refractivity contribution in [3.05, 3.63) is 52.1 Å². The van der Waals surface area contributed by atoms with Gasteiger partial charge < -0.3 is 15.4 Å². The number of nitro groups is 1. The molecule has 1 aromatic heterocycles. The maximum atomic E-state index is 11.1. The molecule has 1 aliphatic heterocycles. The van der Waals surface area contributed by atoms with Crippen molar-refractivity contribution in [1.82, 2.24) is 4.98 Å². The van der Waals surface area contributed by atoms with Gasteiger partial charge in [-0.2, -0.15) is 0 Å². The van der Waals surface area contributed by atoms with Gasteiger partial charge in [-0.05, 0) is 12.1 Å². The molecule has 0 fully saturated rings. The zero-order valence-corrected chi connectivity index (χ0v) is 11.4.